The number of hydrogen-bond donors (Lipinski definition) is 2. The van der Waals surface area contributed by atoms with E-state index in [1.54, 1.807) is 12.3 Å². The number of nitrogens with zero attached hydrogens (tertiary/aromatic N) is 1. The molecule has 1 heterocycles. The number of carbonyl (C=O) groups excluding carboxylic acids is 1. The zero-order valence-corrected chi connectivity index (χ0v) is 16.2. The summed E-state index contributed by atoms with van der Waals surface area (Å²) in [6.07, 6.45) is 2.66. The third kappa shape index (κ3) is 5.84. The van der Waals surface area contributed by atoms with E-state index in [1.165, 1.54) is 5.56 Å². The van der Waals surface area contributed by atoms with Crippen LogP contribution in [0.2, 0.25) is 0 Å². The second-order valence-electron chi connectivity index (χ2n) is 6.74. The molecule has 0 saturated carbocycles. The Labute approximate surface area is 165 Å². The minimum atomic E-state index is -0.246. The third-order valence-corrected chi connectivity index (χ3v) is 4.06. The summed E-state index contributed by atoms with van der Waals surface area (Å²) >= 11 is 0. The maximum atomic E-state index is 12.5. The van der Waals surface area contributed by atoms with Crippen molar-refractivity contribution in [1.82, 2.24) is 4.98 Å². The highest BCUT2D eigenvalue weighted by Crippen LogP contribution is 2.18. The molecule has 0 saturated heterocycles. The van der Waals surface area contributed by atoms with Gasteiger partial charge in [0.25, 0.3) is 5.91 Å². The number of benzene rings is 2. The fourth-order valence-electron chi connectivity index (χ4n) is 2.74. The van der Waals surface area contributed by atoms with Crippen molar-refractivity contribution in [2.75, 3.05) is 17.2 Å². The molecule has 0 aliphatic carbocycles. The Bertz CT molecular complexity index is 893. The van der Waals surface area contributed by atoms with Gasteiger partial charge < -0.3 is 15.4 Å². The van der Waals surface area contributed by atoms with E-state index >= 15 is 0 Å². The van der Waals surface area contributed by atoms with E-state index in [0.29, 0.717) is 11.4 Å². The third-order valence-electron chi connectivity index (χ3n) is 4.06. The molecule has 0 atom stereocenters. The average molecular weight is 375 g/mol. The van der Waals surface area contributed by atoms with Crippen LogP contribution in [0.15, 0.2) is 72.9 Å². The Morgan fingerprint density at radius 1 is 1.00 bits per heavy atom. The predicted molar refractivity (Wildman–Crippen MR) is 113 cm³/mol. The zero-order chi connectivity index (χ0) is 19.8. The highest BCUT2D eigenvalue weighted by Gasteiger charge is 2.09. The van der Waals surface area contributed by atoms with Gasteiger partial charge in [-0.3, -0.25) is 9.78 Å². The normalized spacial score (nSPS) is 10.5. The maximum Gasteiger partial charge on any atom is 0.274 e. The minimum Gasteiger partial charge on any atom is -0.491 e. The lowest BCUT2D eigenvalue weighted by Crippen LogP contribution is -2.14. The average Bonchev–Trinajstić information content (AvgIpc) is 2.70. The summed E-state index contributed by atoms with van der Waals surface area (Å²) in [5.74, 6) is 0.528. The Hall–Kier alpha value is -3.34. The van der Waals surface area contributed by atoms with Gasteiger partial charge in [-0.15, -0.1) is 0 Å². The molecular formula is C23H25N3O2. The molecule has 0 fully saturated rings. The van der Waals surface area contributed by atoms with Crippen molar-refractivity contribution >= 4 is 17.3 Å². The molecule has 0 unspecified atom stereocenters. The van der Waals surface area contributed by atoms with E-state index in [-0.39, 0.29) is 12.0 Å². The standard InChI is InChI=1S/C23H25N3O2/c1-17(2)28-21-10-8-19(9-11-21)26-23(27)22-16-20(13-15-25-22)24-14-12-18-6-4-3-5-7-18/h3-11,13,15-17H,12,14H2,1-2H3,(H,24,25)(H,26,27). The molecule has 2 aromatic carbocycles. The molecule has 0 bridgehead atoms. The first-order valence-corrected chi connectivity index (χ1v) is 9.42. The second kappa shape index (κ2) is 9.55. The van der Waals surface area contributed by atoms with Crippen LogP contribution in [0, 0.1) is 0 Å². The van der Waals surface area contributed by atoms with E-state index < -0.39 is 0 Å². The van der Waals surface area contributed by atoms with Crippen LogP contribution in [0.5, 0.6) is 5.75 Å². The van der Waals surface area contributed by atoms with Crippen molar-refractivity contribution < 1.29 is 9.53 Å². The van der Waals surface area contributed by atoms with Crippen LogP contribution in [0.3, 0.4) is 0 Å². The molecule has 28 heavy (non-hydrogen) atoms. The second-order valence-corrected chi connectivity index (χ2v) is 6.74. The Balaban J connectivity index is 1.56. The quantitative estimate of drug-likeness (QED) is 0.595. The van der Waals surface area contributed by atoms with Crippen LogP contribution in [0.1, 0.15) is 29.9 Å². The largest absolute Gasteiger partial charge is 0.491 e. The SMILES string of the molecule is CC(C)Oc1ccc(NC(=O)c2cc(NCCc3ccccc3)ccn2)cc1. The summed E-state index contributed by atoms with van der Waals surface area (Å²) in [6.45, 7) is 4.73. The molecule has 0 aliphatic rings. The summed E-state index contributed by atoms with van der Waals surface area (Å²) in [5.41, 5.74) is 3.21. The molecule has 5 heteroatoms. The van der Waals surface area contributed by atoms with E-state index in [2.05, 4.69) is 27.8 Å². The van der Waals surface area contributed by atoms with Gasteiger partial charge in [0.2, 0.25) is 0 Å². The van der Waals surface area contributed by atoms with Crippen molar-refractivity contribution in [3.63, 3.8) is 0 Å². The first-order chi connectivity index (χ1) is 13.6. The first kappa shape index (κ1) is 19.4. The van der Waals surface area contributed by atoms with Crippen LogP contribution in [-0.2, 0) is 6.42 Å². The van der Waals surface area contributed by atoms with Crippen molar-refractivity contribution in [3.8, 4) is 5.75 Å². The number of aromatic nitrogens is 1. The predicted octanol–water partition coefficient (Wildman–Crippen LogP) is 4.78. The lowest BCUT2D eigenvalue weighted by molar-refractivity contribution is 0.102. The van der Waals surface area contributed by atoms with Gasteiger partial charge in [0, 0.05) is 24.1 Å². The van der Waals surface area contributed by atoms with Crippen LogP contribution in [0.4, 0.5) is 11.4 Å². The van der Waals surface area contributed by atoms with Crippen LogP contribution in [0.25, 0.3) is 0 Å². The molecular weight excluding hydrogens is 350 g/mol. The topological polar surface area (TPSA) is 63.2 Å². The van der Waals surface area contributed by atoms with Gasteiger partial charge in [-0.05, 0) is 62.2 Å². The molecule has 2 N–H and O–H groups in total. The zero-order valence-electron chi connectivity index (χ0n) is 16.2. The number of carbonyl (C=O) groups is 1. The van der Waals surface area contributed by atoms with Crippen LogP contribution >= 0.6 is 0 Å². The lowest BCUT2D eigenvalue weighted by Gasteiger charge is -2.11. The number of amides is 1. The van der Waals surface area contributed by atoms with Crippen molar-refractivity contribution in [1.29, 1.82) is 0 Å². The number of pyridine rings is 1. The molecule has 0 aliphatic heterocycles. The lowest BCUT2D eigenvalue weighted by atomic mass is 10.1. The van der Waals surface area contributed by atoms with Crippen molar-refractivity contribution in [2.45, 2.75) is 26.4 Å². The monoisotopic (exact) mass is 375 g/mol. The molecule has 1 amide bonds. The van der Waals surface area contributed by atoms with Gasteiger partial charge in [0.05, 0.1) is 6.10 Å². The smallest absolute Gasteiger partial charge is 0.274 e. The Morgan fingerprint density at radius 3 is 2.46 bits per heavy atom. The van der Waals surface area contributed by atoms with Crippen molar-refractivity contribution in [2.24, 2.45) is 0 Å². The van der Waals surface area contributed by atoms with Gasteiger partial charge in [0.15, 0.2) is 0 Å². The fraction of sp³-hybridized carbons (Fsp3) is 0.217. The molecule has 3 rings (SSSR count). The highest BCUT2D eigenvalue weighted by atomic mass is 16.5. The molecule has 0 radical (unpaired) electrons. The maximum absolute atomic E-state index is 12.5. The summed E-state index contributed by atoms with van der Waals surface area (Å²) in [4.78, 5) is 16.7. The minimum absolute atomic E-state index is 0.113. The van der Waals surface area contributed by atoms with Gasteiger partial charge in [-0.25, -0.2) is 0 Å². The molecule has 144 valence electrons. The van der Waals surface area contributed by atoms with Crippen LogP contribution < -0.4 is 15.4 Å². The number of nitrogens with one attached hydrogen (secondary N) is 2. The Kier molecular flexibility index (Phi) is 6.63. The van der Waals surface area contributed by atoms with Crippen LogP contribution in [-0.4, -0.2) is 23.5 Å². The number of anilines is 2. The molecule has 3 aromatic rings. The summed E-state index contributed by atoms with van der Waals surface area (Å²) in [5, 5.41) is 6.20. The first-order valence-electron chi connectivity index (χ1n) is 9.42. The van der Waals surface area contributed by atoms with Crippen molar-refractivity contribution in [3.05, 3.63) is 84.2 Å². The number of ether oxygens (including phenoxy) is 1. The van der Waals surface area contributed by atoms with E-state index in [1.807, 2.05) is 62.4 Å². The number of rotatable bonds is 8. The molecule has 5 nitrogen and oxygen atoms in total. The summed E-state index contributed by atoms with van der Waals surface area (Å²) in [6, 6.07) is 21.2. The van der Waals surface area contributed by atoms with Gasteiger partial charge in [-0.1, -0.05) is 30.3 Å². The summed E-state index contributed by atoms with van der Waals surface area (Å²) < 4.78 is 5.61. The van der Waals surface area contributed by atoms with Gasteiger partial charge in [-0.2, -0.15) is 0 Å². The van der Waals surface area contributed by atoms with E-state index in [4.69, 9.17) is 4.74 Å². The molecule has 1 aromatic heterocycles. The van der Waals surface area contributed by atoms with E-state index in [9.17, 15) is 4.79 Å². The number of hydrogen-bond acceptors (Lipinski definition) is 4. The highest BCUT2D eigenvalue weighted by molar-refractivity contribution is 6.03. The van der Waals surface area contributed by atoms with Gasteiger partial charge in [0.1, 0.15) is 11.4 Å². The Morgan fingerprint density at radius 2 is 1.75 bits per heavy atom. The summed E-state index contributed by atoms with van der Waals surface area (Å²) in [7, 11) is 0. The molecule has 0 spiro atoms. The van der Waals surface area contributed by atoms with E-state index in [0.717, 1.165) is 24.4 Å². The van der Waals surface area contributed by atoms with Gasteiger partial charge >= 0.3 is 0 Å². The fourth-order valence-corrected chi connectivity index (χ4v) is 2.74.